The van der Waals surface area contributed by atoms with E-state index in [-0.39, 0.29) is 18.1 Å². The zero-order chi connectivity index (χ0) is 18.3. The standard InChI is InChI=1S/C18H31ClNO3Si/c1-14(11-18(2,3)4)20(23-24(5)6)12-16(21)13-22-17-9-7-8-15(19)10-17/h7-10,14,16,21H,11-13H2,1-6H3/t14-,16-/m1/s1. The van der Waals surface area contributed by atoms with Crippen molar-refractivity contribution in [3.8, 4) is 5.75 Å². The van der Waals surface area contributed by atoms with Gasteiger partial charge in [-0.3, -0.25) is 0 Å². The lowest BCUT2D eigenvalue weighted by Crippen LogP contribution is -2.44. The minimum Gasteiger partial charge on any atom is -0.491 e. The number of hydrogen-bond donors (Lipinski definition) is 1. The first kappa shape index (κ1) is 21.4. The second-order valence-electron chi connectivity index (χ2n) is 7.64. The van der Waals surface area contributed by atoms with Gasteiger partial charge in [0.15, 0.2) is 0 Å². The van der Waals surface area contributed by atoms with Gasteiger partial charge in [0.05, 0.1) is 6.54 Å². The van der Waals surface area contributed by atoms with Gasteiger partial charge >= 0.3 is 0 Å². The highest BCUT2D eigenvalue weighted by Gasteiger charge is 2.24. The molecule has 0 aromatic heterocycles. The van der Waals surface area contributed by atoms with Crippen LogP contribution in [0.4, 0.5) is 0 Å². The molecule has 0 heterocycles. The Morgan fingerprint density at radius 1 is 1.29 bits per heavy atom. The summed E-state index contributed by atoms with van der Waals surface area (Å²) in [4.78, 5) is 0. The first-order chi connectivity index (χ1) is 11.1. The Bertz CT molecular complexity index is 493. The lowest BCUT2D eigenvalue weighted by molar-refractivity contribution is -0.127. The number of halogens is 1. The Kier molecular flexibility index (Phi) is 8.74. The van der Waals surface area contributed by atoms with E-state index in [0.717, 1.165) is 6.42 Å². The van der Waals surface area contributed by atoms with Gasteiger partial charge < -0.3 is 14.4 Å². The van der Waals surface area contributed by atoms with E-state index < -0.39 is 15.1 Å². The number of aliphatic hydroxyl groups excluding tert-OH is 1. The Morgan fingerprint density at radius 3 is 2.50 bits per heavy atom. The minimum absolute atomic E-state index is 0.206. The van der Waals surface area contributed by atoms with Gasteiger partial charge in [-0.15, -0.1) is 0 Å². The van der Waals surface area contributed by atoms with Crippen LogP contribution in [0.2, 0.25) is 18.1 Å². The van der Waals surface area contributed by atoms with Gasteiger partial charge in [0.1, 0.15) is 18.5 Å². The molecule has 0 saturated carbocycles. The largest absolute Gasteiger partial charge is 0.491 e. The van der Waals surface area contributed by atoms with Gasteiger partial charge in [0.25, 0.3) is 0 Å². The highest BCUT2D eigenvalue weighted by atomic mass is 35.5. The summed E-state index contributed by atoms with van der Waals surface area (Å²) < 4.78 is 11.6. The quantitative estimate of drug-likeness (QED) is 0.515. The van der Waals surface area contributed by atoms with E-state index in [9.17, 15) is 5.11 Å². The topological polar surface area (TPSA) is 41.9 Å². The molecule has 1 aromatic rings. The fourth-order valence-corrected chi connectivity index (χ4v) is 3.44. The van der Waals surface area contributed by atoms with Crippen LogP contribution in [0.3, 0.4) is 0 Å². The van der Waals surface area contributed by atoms with Gasteiger partial charge in [0, 0.05) is 11.1 Å². The monoisotopic (exact) mass is 372 g/mol. The molecule has 4 nitrogen and oxygen atoms in total. The first-order valence-corrected chi connectivity index (χ1v) is 11.2. The number of nitrogens with zero attached hydrogens (tertiary/aromatic N) is 1. The Balaban J connectivity index is 2.58. The van der Waals surface area contributed by atoms with Gasteiger partial charge in [-0.1, -0.05) is 38.4 Å². The van der Waals surface area contributed by atoms with Crippen molar-refractivity contribution in [2.45, 2.75) is 59.4 Å². The summed E-state index contributed by atoms with van der Waals surface area (Å²) in [6, 6.07) is 7.41. The Hall–Kier alpha value is -0.593. The van der Waals surface area contributed by atoms with E-state index in [1.807, 2.05) is 17.2 Å². The van der Waals surface area contributed by atoms with Crippen LogP contribution < -0.4 is 4.74 Å². The van der Waals surface area contributed by atoms with Crippen molar-refractivity contribution in [3.63, 3.8) is 0 Å². The number of hydroxylamine groups is 2. The van der Waals surface area contributed by atoms with E-state index in [2.05, 4.69) is 40.8 Å². The molecule has 0 amide bonds. The molecular weight excluding hydrogens is 342 g/mol. The maximum atomic E-state index is 10.3. The summed E-state index contributed by atoms with van der Waals surface area (Å²) in [5.74, 6) is 0.660. The first-order valence-electron chi connectivity index (χ1n) is 8.38. The van der Waals surface area contributed by atoms with E-state index in [1.165, 1.54) is 0 Å². The predicted octanol–water partition coefficient (Wildman–Crippen LogP) is 4.39. The number of rotatable bonds is 9. The molecular formula is C18H31ClNO3Si. The van der Waals surface area contributed by atoms with E-state index in [0.29, 0.717) is 17.3 Å². The summed E-state index contributed by atoms with van der Waals surface area (Å²) in [7, 11) is -0.893. The fraction of sp³-hybridized carbons (Fsp3) is 0.667. The summed E-state index contributed by atoms with van der Waals surface area (Å²) in [5, 5.41) is 12.9. The van der Waals surface area contributed by atoms with Gasteiger partial charge in [0.2, 0.25) is 9.04 Å². The Morgan fingerprint density at radius 2 is 1.96 bits per heavy atom. The molecule has 2 atom stereocenters. The van der Waals surface area contributed by atoms with Crippen molar-refractivity contribution in [2.24, 2.45) is 5.41 Å². The molecule has 0 aliphatic heterocycles. The molecule has 1 N–H and O–H groups in total. The molecule has 0 aliphatic carbocycles. The lowest BCUT2D eigenvalue weighted by atomic mass is 9.88. The molecule has 137 valence electrons. The van der Waals surface area contributed by atoms with E-state index in [1.54, 1.807) is 12.1 Å². The minimum atomic E-state index is -0.893. The number of hydrogen-bond acceptors (Lipinski definition) is 4. The Labute approximate surface area is 153 Å². The maximum Gasteiger partial charge on any atom is 0.235 e. The van der Waals surface area contributed by atoms with Crippen LogP contribution in [0.1, 0.15) is 34.1 Å². The molecule has 0 fully saturated rings. The summed E-state index contributed by atoms with van der Waals surface area (Å²) in [5.41, 5.74) is 0.206. The average molecular weight is 373 g/mol. The van der Waals surface area contributed by atoms with Crippen molar-refractivity contribution >= 4 is 20.6 Å². The molecule has 0 spiro atoms. The molecule has 0 saturated heterocycles. The molecule has 0 bridgehead atoms. The van der Waals surface area contributed by atoms with Crippen LogP contribution in [0.15, 0.2) is 24.3 Å². The predicted molar refractivity (Wildman–Crippen MR) is 102 cm³/mol. The zero-order valence-corrected chi connectivity index (χ0v) is 17.4. The summed E-state index contributed by atoms with van der Waals surface area (Å²) in [6.07, 6.45) is 0.358. The molecule has 1 radical (unpaired) electrons. The van der Waals surface area contributed by atoms with Crippen molar-refractivity contribution in [2.75, 3.05) is 13.2 Å². The van der Waals surface area contributed by atoms with Gasteiger partial charge in [-0.2, -0.15) is 5.06 Å². The summed E-state index contributed by atoms with van der Waals surface area (Å²) >= 11 is 5.94. The number of aliphatic hydroxyl groups is 1. The molecule has 24 heavy (non-hydrogen) atoms. The average Bonchev–Trinajstić information content (AvgIpc) is 2.42. The van der Waals surface area contributed by atoms with Gasteiger partial charge in [-0.05, 0) is 50.1 Å². The third-order valence-corrected chi connectivity index (χ3v) is 4.16. The summed E-state index contributed by atoms with van der Waals surface area (Å²) in [6.45, 7) is 13.6. The number of benzene rings is 1. The highest BCUT2D eigenvalue weighted by molar-refractivity contribution is 6.48. The van der Waals surface area contributed by atoms with Crippen LogP contribution >= 0.6 is 11.6 Å². The van der Waals surface area contributed by atoms with E-state index >= 15 is 0 Å². The third kappa shape index (κ3) is 9.04. The van der Waals surface area contributed by atoms with Crippen molar-refractivity contribution in [1.82, 2.24) is 5.06 Å². The molecule has 0 unspecified atom stereocenters. The van der Waals surface area contributed by atoms with Crippen molar-refractivity contribution < 1.29 is 14.4 Å². The van der Waals surface area contributed by atoms with Gasteiger partial charge in [-0.25, -0.2) is 0 Å². The molecule has 1 aromatic carbocycles. The van der Waals surface area contributed by atoms with Crippen LogP contribution in [0, 0.1) is 5.41 Å². The van der Waals surface area contributed by atoms with Crippen molar-refractivity contribution in [1.29, 1.82) is 0 Å². The van der Waals surface area contributed by atoms with Crippen LogP contribution in [0.25, 0.3) is 0 Å². The smallest absolute Gasteiger partial charge is 0.235 e. The maximum absolute atomic E-state index is 10.3. The van der Waals surface area contributed by atoms with E-state index in [4.69, 9.17) is 20.9 Å². The van der Waals surface area contributed by atoms with Crippen LogP contribution in [-0.4, -0.2) is 44.5 Å². The third-order valence-electron chi connectivity index (χ3n) is 3.33. The molecule has 6 heteroatoms. The number of ether oxygens (including phenoxy) is 1. The second kappa shape index (κ2) is 9.78. The molecule has 1 rings (SSSR count). The van der Waals surface area contributed by atoms with Crippen LogP contribution in [0.5, 0.6) is 5.75 Å². The highest BCUT2D eigenvalue weighted by Crippen LogP contribution is 2.24. The second-order valence-corrected chi connectivity index (χ2v) is 10.1. The van der Waals surface area contributed by atoms with Crippen LogP contribution in [-0.2, 0) is 4.53 Å². The SMILES string of the molecule is C[C@H](CC(C)(C)C)N(C[C@@H](O)COc1cccc(Cl)c1)O[Si](C)C. The molecule has 0 aliphatic rings. The van der Waals surface area contributed by atoms with Crippen molar-refractivity contribution in [3.05, 3.63) is 29.3 Å². The lowest BCUT2D eigenvalue weighted by Gasteiger charge is -2.35. The fourth-order valence-electron chi connectivity index (χ4n) is 2.54. The normalized spacial score (nSPS) is 14.9. The zero-order valence-electron chi connectivity index (χ0n) is 15.7.